The van der Waals surface area contributed by atoms with Gasteiger partial charge in [-0.2, -0.15) is 13.2 Å². The van der Waals surface area contributed by atoms with Crippen molar-refractivity contribution in [3.05, 3.63) is 27.7 Å². The summed E-state index contributed by atoms with van der Waals surface area (Å²) in [5.74, 6) is -3.17. The Balaban J connectivity index is 3.50. The number of methoxy groups -OCH3 is 1. The molecule has 0 amide bonds. The summed E-state index contributed by atoms with van der Waals surface area (Å²) in [6.07, 6.45) is -10.7. The number of aromatic nitrogens is 1. The number of carbonyl (C=O) groups excluding carboxylic acids is 1. The Morgan fingerprint density at radius 2 is 1.75 bits per heavy atom. The molecule has 1 heterocycles. The van der Waals surface area contributed by atoms with E-state index in [0.717, 1.165) is 12.1 Å². The predicted molar refractivity (Wildman–Crippen MR) is 50.1 cm³/mol. The third-order valence-corrected chi connectivity index (χ3v) is 1.92. The van der Waals surface area contributed by atoms with Crippen molar-refractivity contribution in [3.63, 3.8) is 0 Å². The van der Waals surface area contributed by atoms with Crippen molar-refractivity contribution >= 4 is 5.97 Å². The number of hydrogen-bond acceptors (Lipinski definition) is 4. The summed E-state index contributed by atoms with van der Waals surface area (Å²) < 4.78 is 80.7. The van der Waals surface area contributed by atoms with E-state index in [0.29, 0.717) is 0 Å². The second-order valence-electron chi connectivity index (χ2n) is 3.29. The van der Waals surface area contributed by atoms with Crippen LogP contribution in [-0.2, 0) is 10.9 Å². The number of nitrogens with one attached hydrogen (secondary N) is 1. The minimum Gasteiger partial charge on any atom is -0.465 e. The molecule has 0 spiro atoms. The van der Waals surface area contributed by atoms with Crippen LogP contribution >= 0.6 is 0 Å². The van der Waals surface area contributed by atoms with E-state index >= 15 is 0 Å². The topological polar surface area (TPSA) is 68.4 Å². The first-order chi connectivity index (χ1) is 8.95. The van der Waals surface area contributed by atoms with Crippen molar-refractivity contribution in [2.45, 2.75) is 12.5 Å². The Bertz CT molecular complexity index is 573. The molecule has 0 aliphatic carbocycles. The molecule has 11 heteroatoms. The first-order valence-electron chi connectivity index (χ1n) is 4.64. The van der Waals surface area contributed by atoms with Gasteiger partial charge in [0.15, 0.2) is 11.4 Å². The zero-order valence-corrected chi connectivity index (χ0v) is 9.48. The molecule has 1 aromatic rings. The fraction of sp³-hybridized carbons (Fsp3) is 0.333. The van der Waals surface area contributed by atoms with Gasteiger partial charge in [-0.1, -0.05) is 0 Å². The molecule has 0 unspecified atom stereocenters. The molecule has 1 rings (SSSR count). The minimum atomic E-state index is -5.44. The van der Waals surface area contributed by atoms with E-state index in [9.17, 15) is 35.9 Å². The molecule has 112 valence electrons. The number of hydrogen-bond donors (Lipinski definition) is 1. The molecule has 0 aliphatic rings. The van der Waals surface area contributed by atoms with Gasteiger partial charge in [0.05, 0.1) is 7.11 Å². The highest BCUT2D eigenvalue weighted by Crippen LogP contribution is 2.36. The first-order valence-corrected chi connectivity index (χ1v) is 4.64. The maximum atomic E-state index is 12.5. The van der Waals surface area contributed by atoms with Crippen molar-refractivity contribution in [1.82, 2.24) is 4.98 Å². The number of alkyl halides is 6. The van der Waals surface area contributed by atoms with Gasteiger partial charge in [-0.3, -0.25) is 4.79 Å². The lowest BCUT2D eigenvalue weighted by Gasteiger charge is -2.15. The SMILES string of the molecule is COC(=O)c1cc(OC(F)(F)F)c(C(F)(F)F)[nH]c1=O. The highest BCUT2D eigenvalue weighted by atomic mass is 19.4. The summed E-state index contributed by atoms with van der Waals surface area (Å²) >= 11 is 0. The van der Waals surface area contributed by atoms with E-state index < -0.39 is 41.1 Å². The molecule has 0 bridgehead atoms. The van der Waals surface area contributed by atoms with Gasteiger partial charge in [-0.25, -0.2) is 4.79 Å². The third-order valence-electron chi connectivity index (χ3n) is 1.92. The van der Waals surface area contributed by atoms with Gasteiger partial charge in [0, 0.05) is 6.07 Å². The zero-order valence-electron chi connectivity index (χ0n) is 9.48. The number of H-pyrrole nitrogens is 1. The fourth-order valence-electron chi connectivity index (χ4n) is 1.19. The second-order valence-corrected chi connectivity index (χ2v) is 3.29. The van der Waals surface area contributed by atoms with Crippen LogP contribution in [0.4, 0.5) is 26.3 Å². The van der Waals surface area contributed by atoms with Crippen LogP contribution in [-0.4, -0.2) is 24.4 Å². The molecule has 0 aromatic carbocycles. The molecule has 1 N–H and O–H groups in total. The zero-order chi connectivity index (χ0) is 15.7. The lowest BCUT2D eigenvalue weighted by molar-refractivity contribution is -0.276. The van der Waals surface area contributed by atoms with Gasteiger partial charge in [-0.05, 0) is 0 Å². The van der Waals surface area contributed by atoms with Crippen LogP contribution in [0.25, 0.3) is 0 Å². The average Bonchev–Trinajstić information content (AvgIpc) is 2.26. The summed E-state index contributed by atoms with van der Waals surface area (Å²) in [6.45, 7) is 0. The number of rotatable bonds is 2. The standard InChI is InChI=1S/C9H5F6NO4/c1-19-7(18)3-2-4(20-9(13,14)15)5(8(10,11)12)16-6(3)17/h2H,1H3,(H,16,17). The molecular formula is C9H5F6NO4. The Hall–Kier alpha value is -2.20. The molecule has 1 aromatic heterocycles. The quantitative estimate of drug-likeness (QED) is 0.671. The molecule has 0 aliphatic heterocycles. The van der Waals surface area contributed by atoms with E-state index in [4.69, 9.17) is 0 Å². The van der Waals surface area contributed by atoms with Crippen LogP contribution in [0, 0.1) is 0 Å². The number of halogens is 6. The largest absolute Gasteiger partial charge is 0.573 e. The lowest BCUT2D eigenvalue weighted by atomic mass is 10.2. The van der Waals surface area contributed by atoms with Gasteiger partial charge in [0.1, 0.15) is 5.56 Å². The molecule has 0 saturated carbocycles. The van der Waals surface area contributed by atoms with Crippen molar-refractivity contribution < 1.29 is 40.6 Å². The van der Waals surface area contributed by atoms with Crippen LogP contribution in [0.1, 0.15) is 16.1 Å². The van der Waals surface area contributed by atoms with Crippen LogP contribution < -0.4 is 10.3 Å². The first kappa shape index (κ1) is 15.9. The molecule has 0 radical (unpaired) electrons. The average molecular weight is 305 g/mol. The van der Waals surface area contributed by atoms with E-state index in [1.165, 1.54) is 0 Å². The lowest BCUT2D eigenvalue weighted by Crippen LogP contribution is -2.27. The van der Waals surface area contributed by atoms with Crippen LogP contribution in [0.3, 0.4) is 0 Å². The van der Waals surface area contributed by atoms with Crippen LogP contribution in [0.2, 0.25) is 0 Å². The second kappa shape index (κ2) is 5.06. The van der Waals surface area contributed by atoms with E-state index in [1.54, 1.807) is 0 Å². The molecular weight excluding hydrogens is 300 g/mol. The van der Waals surface area contributed by atoms with Gasteiger partial charge in [0.25, 0.3) is 5.56 Å². The van der Waals surface area contributed by atoms with E-state index in [2.05, 4.69) is 9.47 Å². The van der Waals surface area contributed by atoms with Crippen molar-refractivity contribution in [2.24, 2.45) is 0 Å². The van der Waals surface area contributed by atoms with Crippen LogP contribution in [0.15, 0.2) is 10.9 Å². The summed E-state index contributed by atoms with van der Waals surface area (Å²) in [5, 5.41) is 0. The number of aromatic amines is 1. The summed E-state index contributed by atoms with van der Waals surface area (Å²) in [6, 6.07) is 0.0149. The van der Waals surface area contributed by atoms with Gasteiger partial charge in [-0.15, -0.1) is 13.2 Å². The molecule has 5 nitrogen and oxygen atoms in total. The highest BCUT2D eigenvalue weighted by molar-refractivity contribution is 5.89. The fourth-order valence-corrected chi connectivity index (χ4v) is 1.19. The van der Waals surface area contributed by atoms with Crippen molar-refractivity contribution in [3.8, 4) is 5.75 Å². The Morgan fingerprint density at radius 1 is 1.20 bits per heavy atom. The monoisotopic (exact) mass is 305 g/mol. The normalized spacial score (nSPS) is 12.2. The van der Waals surface area contributed by atoms with Crippen molar-refractivity contribution in [2.75, 3.05) is 7.11 Å². The van der Waals surface area contributed by atoms with E-state index in [-0.39, 0.29) is 6.07 Å². The maximum absolute atomic E-state index is 12.5. The summed E-state index contributed by atoms with van der Waals surface area (Å²) in [4.78, 5) is 23.4. The Morgan fingerprint density at radius 3 is 2.15 bits per heavy atom. The maximum Gasteiger partial charge on any atom is 0.573 e. The Kier molecular flexibility index (Phi) is 4.01. The number of pyridine rings is 1. The highest BCUT2D eigenvalue weighted by Gasteiger charge is 2.41. The minimum absolute atomic E-state index is 0.0149. The van der Waals surface area contributed by atoms with Crippen molar-refractivity contribution in [1.29, 1.82) is 0 Å². The summed E-state index contributed by atoms with van der Waals surface area (Å²) in [7, 11) is 0.795. The number of carbonyl (C=O) groups is 1. The van der Waals surface area contributed by atoms with E-state index in [1.807, 2.05) is 0 Å². The predicted octanol–water partition coefficient (Wildman–Crippen LogP) is 2.08. The third kappa shape index (κ3) is 3.65. The summed E-state index contributed by atoms with van der Waals surface area (Å²) in [5.41, 5.74) is -4.68. The van der Waals surface area contributed by atoms with Gasteiger partial charge in [0.2, 0.25) is 0 Å². The molecule has 20 heavy (non-hydrogen) atoms. The molecule has 0 atom stereocenters. The van der Waals surface area contributed by atoms with Gasteiger partial charge < -0.3 is 14.5 Å². The smallest absolute Gasteiger partial charge is 0.465 e. The molecule has 0 fully saturated rings. The van der Waals surface area contributed by atoms with Crippen LogP contribution in [0.5, 0.6) is 5.75 Å². The van der Waals surface area contributed by atoms with Gasteiger partial charge >= 0.3 is 18.5 Å². The number of ether oxygens (including phenoxy) is 2. The Labute approximate surface area is 106 Å². The molecule has 0 saturated heterocycles. The number of esters is 1.